The molecule has 2 aliphatic rings. The lowest BCUT2D eigenvalue weighted by atomic mass is 9.83. The molecule has 2 saturated carbocycles. The Morgan fingerprint density at radius 3 is 2.43 bits per heavy atom. The van der Waals surface area contributed by atoms with Gasteiger partial charge in [-0.2, -0.15) is 0 Å². The number of hydrazine groups is 1. The lowest BCUT2D eigenvalue weighted by Crippen LogP contribution is -2.51. The molecule has 6 nitrogen and oxygen atoms in total. The number of aromatic carboxylic acids is 1. The number of carboxylic acids is 1. The van der Waals surface area contributed by atoms with Crippen LogP contribution < -0.4 is 5.01 Å². The monoisotopic (exact) mass is 434 g/mol. The van der Waals surface area contributed by atoms with E-state index in [2.05, 4.69) is 13.0 Å². The van der Waals surface area contributed by atoms with E-state index in [1.165, 1.54) is 25.7 Å². The molecule has 0 atom stereocenters. The summed E-state index contributed by atoms with van der Waals surface area (Å²) in [6.07, 6.45) is 11.9. The molecule has 0 bridgehead atoms. The van der Waals surface area contributed by atoms with Gasteiger partial charge in [0.05, 0.1) is 11.8 Å². The first-order valence-corrected chi connectivity index (χ1v) is 12.0. The average molecular weight is 435 g/mol. The van der Waals surface area contributed by atoms with Gasteiger partial charge in [-0.25, -0.2) is 14.8 Å². The van der Waals surface area contributed by atoms with Gasteiger partial charge in [-0.1, -0.05) is 31.9 Å². The first kappa shape index (κ1) is 23.0. The fourth-order valence-corrected chi connectivity index (χ4v) is 5.34. The highest BCUT2D eigenvalue weighted by atomic mass is 32.1. The highest BCUT2D eigenvalue weighted by molar-refractivity contribution is 7.12. The van der Waals surface area contributed by atoms with Crippen LogP contribution in [0.4, 0.5) is 5.69 Å². The number of aliphatic hydroxyl groups is 1. The molecule has 0 saturated heterocycles. The molecule has 1 heterocycles. The van der Waals surface area contributed by atoms with Crippen molar-refractivity contribution in [1.29, 1.82) is 0 Å². The first-order valence-electron chi connectivity index (χ1n) is 11.1. The Balaban J connectivity index is 1.74. The molecular formula is C23H34N2O4S. The van der Waals surface area contributed by atoms with Crippen LogP contribution in [-0.2, 0) is 4.79 Å². The van der Waals surface area contributed by atoms with Crippen LogP contribution in [0.2, 0.25) is 0 Å². The summed E-state index contributed by atoms with van der Waals surface area (Å²) in [4.78, 5) is 25.1. The van der Waals surface area contributed by atoms with Gasteiger partial charge in [0.15, 0.2) is 0 Å². The number of thiophene rings is 1. The third-order valence-electron chi connectivity index (χ3n) is 6.57. The minimum absolute atomic E-state index is 0.0997. The molecule has 0 aliphatic heterocycles. The third kappa shape index (κ3) is 5.71. The van der Waals surface area contributed by atoms with Crippen LogP contribution in [0.25, 0.3) is 0 Å². The number of nitrogens with zero attached hydrogens (tertiary/aromatic N) is 2. The van der Waals surface area contributed by atoms with Crippen molar-refractivity contribution in [3.05, 3.63) is 28.5 Å². The average Bonchev–Trinajstić information content (AvgIpc) is 3.20. The van der Waals surface area contributed by atoms with E-state index in [1.807, 2.05) is 18.1 Å². The molecular weight excluding hydrogens is 400 g/mol. The quantitative estimate of drug-likeness (QED) is 0.480. The van der Waals surface area contributed by atoms with Crippen molar-refractivity contribution in [3.63, 3.8) is 0 Å². The predicted octanol–water partition coefficient (Wildman–Crippen LogP) is 4.70. The number of carbonyl (C=O) groups is 2. The molecule has 1 amide bonds. The van der Waals surface area contributed by atoms with E-state index in [0.29, 0.717) is 24.4 Å². The highest BCUT2D eigenvalue weighted by Gasteiger charge is 2.32. The molecule has 1 aromatic heterocycles. The smallest absolute Gasteiger partial charge is 0.348 e. The summed E-state index contributed by atoms with van der Waals surface area (Å²) in [5, 5.41) is 24.6. The number of anilines is 1. The third-order valence-corrected chi connectivity index (χ3v) is 7.47. The Bertz CT molecular complexity index is 746. The summed E-state index contributed by atoms with van der Waals surface area (Å²) in [5.74, 6) is 0.195. The fraction of sp³-hybridized carbons (Fsp3) is 0.652. The zero-order valence-corrected chi connectivity index (χ0v) is 18.8. The SMILES string of the molecule is CC1CCC(C=CCC(=O)N(c2ccsc2C(=O)O)N(C)C2CCC(O)CC2)CC1. The number of aliphatic hydroxyl groups excluding tert-OH is 1. The largest absolute Gasteiger partial charge is 0.477 e. The van der Waals surface area contributed by atoms with Crippen LogP contribution in [-0.4, -0.2) is 46.3 Å². The molecule has 0 spiro atoms. The Morgan fingerprint density at radius 1 is 1.13 bits per heavy atom. The van der Waals surface area contributed by atoms with E-state index < -0.39 is 5.97 Å². The standard InChI is InChI=1S/C23H34N2O4S/c1-16-6-8-17(9-7-16)4-3-5-21(27)25(20-14-15-30-22(20)23(28)29)24(2)18-10-12-19(26)13-11-18/h3-4,14-19,26H,5-13H2,1-2H3,(H,28,29). The number of allylic oxidation sites excluding steroid dienone is 1. The Hall–Kier alpha value is -1.70. The van der Waals surface area contributed by atoms with Gasteiger partial charge in [-0.05, 0) is 61.8 Å². The second-order valence-corrected chi connectivity index (χ2v) is 9.75. The van der Waals surface area contributed by atoms with Gasteiger partial charge in [0.1, 0.15) is 4.88 Å². The molecule has 0 radical (unpaired) electrons. The molecule has 7 heteroatoms. The fourth-order valence-electron chi connectivity index (χ4n) is 4.63. The topological polar surface area (TPSA) is 81.1 Å². The number of amides is 1. The van der Waals surface area contributed by atoms with Crippen molar-refractivity contribution >= 4 is 28.9 Å². The van der Waals surface area contributed by atoms with Crippen molar-refractivity contribution < 1.29 is 19.8 Å². The highest BCUT2D eigenvalue weighted by Crippen LogP contribution is 2.32. The van der Waals surface area contributed by atoms with Crippen molar-refractivity contribution in [1.82, 2.24) is 5.01 Å². The maximum atomic E-state index is 13.3. The molecule has 1 aromatic rings. The van der Waals surface area contributed by atoms with E-state index in [4.69, 9.17) is 0 Å². The number of rotatable bonds is 7. The van der Waals surface area contributed by atoms with Crippen LogP contribution >= 0.6 is 11.3 Å². The van der Waals surface area contributed by atoms with E-state index in [0.717, 1.165) is 30.1 Å². The molecule has 0 unspecified atom stereocenters. The van der Waals surface area contributed by atoms with Crippen LogP contribution in [0.1, 0.15) is 74.4 Å². The lowest BCUT2D eigenvalue weighted by Gasteiger charge is -2.40. The Kier molecular flexibility index (Phi) is 8.08. The predicted molar refractivity (Wildman–Crippen MR) is 120 cm³/mol. The minimum atomic E-state index is -1.02. The van der Waals surface area contributed by atoms with E-state index in [9.17, 15) is 19.8 Å². The Morgan fingerprint density at radius 2 is 1.80 bits per heavy atom. The van der Waals surface area contributed by atoms with Gasteiger partial charge >= 0.3 is 5.97 Å². The summed E-state index contributed by atoms with van der Waals surface area (Å²) in [7, 11) is 1.86. The van der Waals surface area contributed by atoms with Crippen molar-refractivity contribution in [2.75, 3.05) is 12.1 Å². The zero-order chi connectivity index (χ0) is 21.7. The molecule has 3 rings (SSSR count). The maximum absolute atomic E-state index is 13.3. The summed E-state index contributed by atoms with van der Waals surface area (Å²) in [5.41, 5.74) is 0.436. The second-order valence-electron chi connectivity index (χ2n) is 8.83. The summed E-state index contributed by atoms with van der Waals surface area (Å²) in [6, 6.07) is 1.81. The number of hydrogen-bond donors (Lipinski definition) is 2. The van der Waals surface area contributed by atoms with Crippen LogP contribution in [0.5, 0.6) is 0 Å². The van der Waals surface area contributed by atoms with Crippen LogP contribution in [0, 0.1) is 11.8 Å². The second kappa shape index (κ2) is 10.6. The molecule has 2 aliphatic carbocycles. The molecule has 2 fully saturated rings. The van der Waals surface area contributed by atoms with Crippen molar-refractivity contribution in [3.8, 4) is 0 Å². The van der Waals surface area contributed by atoms with Crippen molar-refractivity contribution in [2.45, 2.75) is 76.9 Å². The van der Waals surface area contributed by atoms with E-state index in [1.54, 1.807) is 16.5 Å². The summed E-state index contributed by atoms with van der Waals surface area (Å²) < 4.78 is 0. The van der Waals surface area contributed by atoms with Gasteiger partial charge in [0, 0.05) is 19.5 Å². The molecule has 30 heavy (non-hydrogen) atoms. The molecule has 166 valence electrons. The van der Waals surface area contributed by atoms with E-state index >= 15 is 0 Å². The van der Waals surface area contributed by atoms with Crippen LogP contribution in [0.15, 0.2) is 23.6 Å². The Labute approximate surface area is 183 Å². The van der Waals surface area contributed by atoms with Gasteiger partial charge in [0.25, 0.3) is 0 Å². The normalized spacial score (nSPS) is 27.5. The lowest BCUT2D eigenvalue weighted by molar-refractivity contribution is -0.121. The maximum Gasteiger partial charge on any atom is 0.348 e. The molecule has 2 N–H and O–H groups in total. The van der Waals surface area contributed by atoms with Crippen molar-refractivity contribution in [2.24, 2.45) is 11.8 Å². The van der Waals surface area contributed by atoms with Gasteiger partial charge in [0.2, 0.25) is 5.91 Å². The molecule has 0 aromatic carbocycles. The van der Waals surface area contributed by atoms with Crippen LogP contribution in [0.3, 0.4) is 0 Å². The number of carbonyl (C=O) groups excluding carboxylic acids is 1. The number of hydrogen-bond acceptors (Lipinski definition) is 5. The zero-order valence-electron chi connectivity index (χ0n) is 18.0. The van der Waals surface area contributed by atoms with E-state index in [-0.39, 0.29) is 29.4 Å². The minimum Gasteiger partial charge on any atom is -0.477 e. The van der Waals surface area contributed by atoms with Gasteiger partial charge < -0.3 is 10.2 Å². The number of carboxylic acid groups (broad SMARTS) is 1. The van der Waals surface area contributed by atoms with Gasteiger partial charge in [-0.15, -0.1) is 11.3 Å². The van der Waals surface area contributed by atoms with Gasteiger partial charge in [-0.3, -0.25) is 4.79 Å². The summed E-state index contributed by atoms with van der Waals surface area (Å²) in [6.45, 7) is 2.29. The first-order chi connectivity index (χ1) is 14.4. The summed E-state index contributed by atoms with van der Waals surface area (Å²) >= 11 is 1.14.